The van der Waals surface area contributed by atoms with Crippen LogP contribution < -0.4 is 0 Å². The second-order valence-electron chi connectivity index (χ2n) is 11.2. The van der Waals surface area contributed by atoms with E-state index in [4.69, 9.17) is 0 Å². The Morgan fingerprint density at radius 3 is 2.21 bits per heavy atom. The normalized spacial score (nSPS) is 26.2. The summed E-state index contributed by atoms with van der Waals surface area (Å²) in [5, 5.41) is 2.63. The van der Waals surface area contributed by atoms with Crippen molar-refractivity contribution >= 4 is 93.1 Å². The summed E-state index contributed by atoms with van der Waals surface area (Å²) in [5.74, 6) is 2.12. The molecule has 0 nitrogen and oxygen atoms in total. The van der Waals surface area contributed by atoms with Crippen LogP contribution >= 0.6 is 82.3 Å². The maximum Gasteiger partial charge on any atom is 0.0712 e. The van der Waals surface area contributed by atoms with Gasteiger partial charge in [-0.25, -0.2) is 0 Å². The molecule has 0 radical (unpaired) electrons. The molecule has 7 heteroatoms. The van der Waals surface area contributed by atoms with E-state index in [1.165, 1.54) is 57.1 Å². The Balaban J connectivity index is 1.13. The van der Waals surface area contributed by atoms with Gasteiger partial charge in [0.25, 0.3) is 0 Å². The summed E-state index contributed by atoms with van der Waals surface area (Å²) in [6.07, 6.45) is 14.0. The van der Waals surface area contributed by atoms with E-state index in [-0.39, 0.29) is 0 Å². The minimum atomic E-state index is 0.477. The fraction of sp³-hybridized carbons (Fsp3) is 0.257. The number of benzene rings is 2. The smallest absolute Gasteiger partial charge is 0.0712 e. The van der Waals surface area contributed by atoms with Gasteiger partial charge in [0.05, 0.1) is 16.9 Å². The van der Waals surface area contributed by atoms with Crippen molar-refractivity contribution in [3.05, 3.63) is 122 Å². The zero-order valence-electron chi connectivity index (χ0n) is 23.8. The lowest BCUT2D eigenvalue weighted by atomic mass is 9.69. The molecule has 0 spiro atoms. The monoisotopic (exact) mass is 676 g/mol. The van der Waals surface area contributed by atoms with E-state index in [1.54, 1.807) is 5.57 Å². The molecule has 3 heterocycles. The molecule has 0 saturated heterocycles. The lowest BCUT2D eigenvalue weighted by molar-refractivity contribution is 0.373. The van der Waals surface area contributed by atoms with Crippen molar-refractivity contribution in [3.63, 3.8) is 0 Å². The summed E-state index contributed by atoms with van der Waals surface area (Å²) in [4.78, 5) is 8.42. The van der Waals surface area contributed by atoms with Crippen LogP contribution in [0, 0.1) is 23.7 Å². The van der Waals surface area contributed by atoms with Gasteiger partial charge in [0.1, 0.15) is 0 Å². The molecule has 3 atom stereocenters. The molecule has 2 aromatic rings. The van der Waals surface area contributed by atoms with Gasteiger partial charge in [-0.2, -0.15) is 0 Å². The highest BCUT2D eigenvalue weighted by Gasteiger charge is 2.38. The highest BCUT2D eigenvalue weighted by molar-refractivity contribution is 8.43. The average molecular weight is 677 g/mol. The zero-order valence-corrected chi connectivity index (χ0v) is 29.6. The molecule has 7 rings (SSSR count). The molecule has 0 N–H and O–H groups in total. The average Bonchev–Trinajstić information content (AvgIpc) is 3.40. The lowest BCUT2D eigenvalue weighted by Crippen LogP contribution is -2.27. The fourth-order valence-corrected chi connectivity index (χ4v) is 15.8. The van der Waals surface area contributed by atoms with Gasteiger partial charge in [-0.1, -0.05) is 156 Å². The molecule has 0 bridgehead atoms. The van der Waals surface area contributed by atoms with E-state index in [1.807, 2.05) is 82.3 Å². The molecule has 0 saturated carbocycles. The van der Waals surface area contributed by atoms with Crippen LogP contribution in [0.3, 0.4) is 0 Å². The molecular weight excluding hydrogens is 645 g/mol. The largest absolute Gasteiger partial charge is 0.103 e. The second kappa shape index (κ2) is 12.5. The molecule has 42 heavy (non-hydrogen) atoms. The molecule has 214 valence electrons. The number of fused-ring (bicyclic) bond motifs is 4. The third-order valence-corrected chi connectivity index (χ3v) is 18.2. The maximum atomic E-state index is 4.22. The topological polar surface area (TPSA) is 0 Å². The number of hydrogen-bond acceptors (Lipinski definition) is 7. The van der Waals surface area contributed by atoms with Gasteiger partial charge >= 0.3 is 0 Å². The molecule has 3 aliphatic heterocycles. The van der Waals surface area contributed by atoms with Crippen LogP contribution in [0.25, 0.3) is 10.8 Å². The minimum Gasteiger partial charge on any atom is -0.103 e. The first-order valence-corrected chi connectivity index (χ1v) is 20.0. The van der Waals surface area contributed by atoms with E-state index in [9.17, 15) is 0 Å². The molecule has 2 aliphatic carbocycles. The predicted molar refractivity (Wildman–Crippen MR) is 200 cm³/mol. The molecule has 0 fully saturated rings. The maximum absolute atomic E-state index is 4.22. The Morgan fingerprint density at radius 2 is 1.57 bits per heavy atom. The summed E-state index contributed by atoms with van der Waals surface area (Å²) >= 11 is 13.7. The first kappa shape index (κ1) is 29.8. The van der Waals surface area contributed by atoms with Crippen LogP contribution in [0.2, 0.25) is 0 Å². The van der Waals surface area contributed by atoms with Crippen molar-refractivity contribution in [2.24, 2.45) is 23.7 Å². The molecule has 2 unspecified atom stereocenters. The molecule has 0 aromatic heterocycles. The standard InChI is InChI=1S/C35H32S7/c1-6-10-27(37-32-20(5)36-28-15-22-11-8-9-12-23(22)16-29(28)38-32)33-41-34-35(42-33)40-31-18-26-21(7-2)13-24(19(3)4)14-25(26)17-30(31)39-34/h6-9,11-12,14-19,21,25-26H,1-2,10,13H2,3-5H3/b33-27-/t21?,25?,26-/m0/s1. The Hall–Kier alpha value is -0.930. The predicted octanol–water partition coefficient (Wildman–Crippen LogP) is 13.6. The molecule has 5 aliphatic rings. The van der Waals surface area contributed by atoms with Gasteiger partial charge in [-0.05, 0) is 60.4 Å². The third kappa shape index (κ3) is 5.77. The Kier molecular flexibility index (Phi) is 8.83. The lowest BCUT2D eigenvalue weighted by Gasteiger charge is -2.38. The minimum absolute atomic E-state index is 0.477. The van der Waals surface area contributed by atoms with Crippen molar-refractivity contribution in [2.45, 2.75) is 43.4 Å². The number of hydrogen-bond donors (Lipinski definition) is 0. The first-order valence-electron chi connectivity index (χ1n) is 14.2. The van der Waals surface area contributed by atoms with Crippen LogP contribution in [-0.2, 0) is 0 Å². The van der Waals surface area contributed by atoms with E-state index in [0.29, 0.717) is 23.7 Å². The van der Waals surface area contributed by atoms with Crippen LogP contribution in [0.1, 0.15) is 33.6 Å². The molecule has 0 amide bonds. The van der Waals surface area contributed by atoms with E-state index < -0.39 is 0 Å². The summed E-state index contributed by atoms with van der Waals surface area (Å²) in [7, 11) is 0. The van der Waals surface area contributed by atoms with Gasteiger partial charge in [-0.3, -0.25) is 0 Å². The highest BCUT2D eigenvalue weighted by Crippen LogP contribution is 2.68. The van der Waals surface area contributed by atoms with Crippen LogP contribution in [-0.4, -0.2) is 0 Å². The molecule has 2 aromatic carbocycles. The Labute approximate surface area is 280 Å². The van der Waals surface area contributed by atoms with E-state index in [2.05, 4.69) is 101 Å². The fourth-order valence-electron chi connectivity index (χ4n) is 5.81. The third-order valence-electron chi connectivity index (χ3n) is 8.07. The van der Waals surface area contributed by atoms with Crippen LogP contribution in [0.5, 0.6) is 0 Å². The second-order valence-corrected chi connectivity index (χ2v) is 19.8. The summed E-state index contributed by atoms with van der Waals surface area (Å²) in [6.45, 7) is 15.3. The summed E-state index contributed by atoms with van der Waals surface area (Å²) in [5.41, 5.74) is 1.59. The van der Waals surface area contributed by atoms with Crippen LogP contribution in [0.15, 0.2) is 132 Å². The van der Waals surface area contributed by atoms with Crippen molar-refractivity contribution < 1.29 is 0 Å². The van der Waals surface area contributed by atoms with E-state index >= 15 is 0 Å². The quantitative estimate of drug-likeness (QED) is 0.276. The number of thioether (sulfide) groups is 7. The Morgan fingerprint density at radius 1 is 0.905 bits per heavy atom. The van der Waals surface area contributed by atoms with Gasteiger partial charge in [-0.15, -0.1) is 13.2 Å². The Bertz CT molecular complexity index is 1700. The van der Waals surface area contributed by atoms with Gasteiger partial charge in [0, 0.05) is 35.3 Å². The SMILES string of the molecule is C=CC/C(SC1=C(C)Sc2cc3ccccc3cc2S1)=C1\SC2=C(SC3=C[C@@H]4C(C=C3S2)C=C(C(C)C)CC4C=C)S1. The number of allylic oxidation sites excluding steroid dienone is 8. The van der Waals surface area contributed by atoms with E-state index in [0.717, 1.165) is 12.8 Å². The zero-order chi connectivity index (χ0) is 29.0. The number of rotatable bonds is 6. The first-order chi connectivity index (χ1) is 20.4. The van der Waals surface area contributed by atoms with Gasteiger partial charge < -0.3 is 0 Å². The van der Waals surface area contributed by atoms with Crippen molar-refractivity contribution in [1.82, 2.24) is 0 Å². The van der Waals surface area contributed by atoms with Gasteiger partial charge in [0.15, 0.2) is 0 Å². The van der Waals surface area contributed by atoms with Gasteiger partial charge in [0.2, 0.25) is 0 Å². The van der Waals surface area contributed by atoms with Crippen molar-refractivity contribution in [2.75, 3.05) is 0 Å². The molecular formula is C35H32S7. The summed E-state index contributed by atoms with van der Waals surface area (Å²) < 4.78 is 5.70. The highest BCUT2D eigenvalue weighted by atomic mass is 32.3. The van der Waals surface area contributed by atoms with Crippen molar-refractivity contribution in [3.8, 4) is 0 Å². The van der Waals surface area contributed by atoms with Crippen molar-refractivity contribution in [1.29, 1.82) is 0 Å². The van der Waals surface area contributed by atoms with Crippen LogP contribution in [0.4, 0.5) is 0 Å². The summed E-state index contributed by atoms with van der Waals surface area (Å²) in [6, 6.07) is 13.4.